The van der Waals surface area contributed by atoms with E-state index in [9.17, 15) is 4.39 Å². The first-order valence-corrected chi connectivity index (χ1v) is 10.1. The summed E-state index contributed by atoms with van der Waals surface area (Å²) >= 11 is 0. The molecule has 1 atom stereocenters. The van der Waals surface area contributed by atoms with Gasteiger partial charge in [-0.05, 0) is 56.0 Å². The first-order valence-electron chi connectivity index (χ1n) is 10.1. The van der Waals surface area contributed by atoms with Gasteiger partial charge in [0.05, 0.1) is 12.8 Å². The Kier molecular flexibility index (Phi) is 7.28. The fourth-order valence-electron chi connectivity index (χ4n) is 3.42. The number of nitrogens with zero attached hydrogens (tertiary/aromatic N) is 4. The molecule has 7 heteroatoms. The molecule has 1 aliphatic heterocycles. The zero-order chi connectivity index (χ0) is 19.8. The Hall–Kier alpha value is -2.57. The minimum Gasteiger partial charge on any atom is -0.494 e. The Bertz CT molecular complexity index is 758. The quantitative estimate of drug-likeness (QED) is 0.429. The molecule has 6 nitrogen and oxygen atoms in total. The van der Waals surface area contributed by atoms with Crippen LogP contribution in [0.15, 0.2) is 41.7 Å². The highest BCUT2D eigenvalue weighted by atomic mass is 19.1. The number of guanidine groups is 1. The molecule has 2 aromatic rings. The average Bonchev–Trinajstić information content (AvgIpc) is 3.34. The lowest BCUT2D eigenvalue weighted by molar-refractivity contribution is 0.307. The Morgan fingerprint density at radius 1 is 1.32 bits per heavy atom. The number of benzene rings is 1. The van der Waals surface area contributed by atoms with Crippen LogP contribution in [-0.4, -0.2) is 53.4 Å². The van der Waals surface area contributed by atoms with Crippen molar-refractivity contribution in [3.8, 4) is 5.75 Å². The number of hydrogen-bond acceptors (Lipinski definition) is 3. The van der Waals surface area contributed by atoms with Crippen molar-refractivity contribution < 1.29 is 9.13 Å². The average molecular weight is 388 g/mol. The van der Waals surface area contributed by atoms with Crippen molar-refractivity contribution in [3.63, 3.8) is 0 Å². The van der Waals surface area contributed by atoms with Crippen molar-refractivity contribution in [1.29, 1.82) is 0 Å². The summed E-state index contributed by atoms with van der Waals surface area (Å²) in [7, 11) is 1.96. The molecule has 28 heavy (non-hydrogen) atoms. The lowest BCUT2D eigenvalue weighted by atomic mass is 10.0. The number of nitrogens with one attached hydrogen (secondary N) is 1. The van der Waals surface area contributed by atoms with Gasteiger partial charge in [0.25, 0.3) is 0 Å². The maximum atomic E-state index is 12.9. The third-order valence-corrected chi connectivity index (χ3v) is 4.92. The molecule has 0 spiro atoms. The standard InChI is InChI=1S/C21H30FN5O/c1-3-23-21(27-12-10-17(16-27)18-14-25-26(2)15-18)24-11-4-5-13-28-20-8-6-19(22)7-9-20/h6-9,14-15,17H,3-5,10-13,16H2,1-2H3,(H,23,24). The van der Waals surface area contributed by atoms with Crippen molar-refractivity contribution in [2.24, 2.45) is 12.0 Å². The van der Waals surface area contributed by atoms with Crippen molar-refractivity contribution in [2.45, 2.75) is 32.1 Å². The van der Waals surface area contributed by atoms with Gasteiger partial charge in [0.2, 0.25) is 0 Å². The molecule has 1 aromatic carbocycles. The van der Waals surface area contributed by atoms with E-state index in [1.165, 1.54) is 17.7 Å². The Balaban J connectivity index is 1.42. The second-order valence-corrected chi connectivity index (χ2v) is 7.12. The highest BCUT2D eigenvalue weighted by Gasteiger charge is 2.26. The van der Waals surface area contributed by atoms with E-state index in [0.717, 1.165) is 51.4 Å². The van der Waals surface area contributed by atoms with Gasteiger partial charge in [-0.15, -0.1) is 0 Å². The van der Waals surface area contributed by atoms with Crippen LogP contribution in [0.2, 0.25) is 0 Å². The lowest BCUT2D eigenvalue weighted by Crippen LogP contribution is -2.40. The second kappa shape index (κ2) is 10.1. The van der Waals surface area contributed by atoms with Crippen LogP contribution < -0.4 is 10.1 Å². The summed E-state index contributed by atoms with van der Waals surface area (Å²) in [5, 5.41) is 7.71. The van der Waals surface area contributed by atoms with Crippen molar-refractivity contribution in [1.82, 2.24) is 20.0 Å². The van der Waals surface area contributed by atoms with E-state index < -0.39 is 0 Å². The number of likely N-dealkylation sites (tertiary alicyclic amines) is 1. The SMILES string of the molecule is CCNC(=NCCCCOc1ccc(F)cc1)N1CCC(c2cnn(C)c2)C1. The number of aliphatic imine (C=N–C) groups is 1. The smallest absolute Gasteiger partial charge is 0.193 e. The fraction of sp³-hybridized carbons (Fsp3) is 0.524. The molecule has 0 bridgehead atoms. The summed E-state index contributed by atoms with van der Waals surface area (Å²) in [6.45, 7) is 6.33. The molecule has 1 saturated heterocycles. The summed E-state index contributed by atoms with van der Waals surface area (Å²) in [5.74, 6) is 1.97. The molecular weight excluding hydrogens is 357 g/mol. The van der Waals surface area contributed by atoms with Crippen LogP contribution in [0.25, 0.3) is 0 Å². The van der Waals surface area contributed by atoms with Crippen LogP contribution in [0.5, 0.6) is 5.75 Å². The van der Waals surface area contributed by atoms with Crippen molar-refractivity contribution in [2.75, 3.05) is 32.8 Å². The van der Waals surface area contributed by atoms with Gasteiger partial charge in [-0.1, -0.05) is 0 Å². The Labute approximate surface area is 166 Å². The normalized spacial score (nSPS) is 17.2. The Morgan fingerprint density at radius 3 is 2.86 bits per heavy atom. The number of unbranched alkanes of at least 4 members (excludes halogenated alkanes) is 1. The molecule has 152 valence electrons. The van der Waals surface area contributed by atoms with Gasteiger partial charge < -0.3 is 15.0 Å². The van der Waals surface area contributed by atoms with Crippen molar-refractivity contribution in [3.05, 3.63) is 48.0 Å². The summed E-state index contributed by atoms with van der Waals surface area (Å²) in [6, 6.07) is 6.14. The molecule has 0 amide bonds. The van der Waals surface area contributed by atoms with E-state index in [1.54, 1.807) is 12.1 Å². The summed E-state index contributed by atoms with van der Waals surface area (Å²) < 4.78 is 20.4. The van der Waals surface area contributed by atoms with E-state index >= 15 is 0 Å². The predicted molar refractivity (Wildman–Crippen MR) is 109 cm³/mol. The lowest BCUT2D eigenvalue weighted by Gasteiger charge is -2.21. The fourth-order valence-corrected chi connectivity index (χ4v) is 3.42. The molecular formula is C21H30FN5O. The molecule has 1 unspecified atom stereocenters. The highest BCUT2D eigenvalue weighted by molar-refractivity contribution is 5.80. The topological polar surface area (TPSA) is 54.7 Å². The maximum Gasteiger partial charge on any atom is 0.193 e. The molecule has 1 N–H and O–H groups in total. The molecule has 1 aliphatic rings. The monoisotopic (exact) mass is 387 g/mol. The number of hydrogen-bond donors (Lipinski definition) is 1. The van der Waals surface area contributed by atoms with Gasteiger partial charge in [0.15, 0.2) is 5.96 Å². The first-order chi connectivity index (χ1) is 13.7. The Morgan fingerprint density at radius 2 is 2.14 bits per heavy atom. The molecule has 0 saturated carbocycles. The van der Waals surface area contributed by atoms with Crippen LogP contribution in [0.4, 0.5) is 4.39 Å². The first kappa shape index (κ1) is 20.2. The highest BCUT2D eigenvalue weighted by Crippen LogP contribution is 2.26. The third-order valence-electron chi connectivity index (χ3n) is 4.92. The van der Waals surface area contributed by atoms with E-state index in [-0.39, 0.29) is 5.82 Å². The number of rotatable bonds is 8. The zero-order valence-electron chi connectivity index (χ0n) is 16.8. The largest absolute Gasteiger partial charge is 0.494 e. The van der Waals surface area contributed by atoms with E-state index in [4.69, 9.17) is 9.73 Å². The van der Waals surface area contributed by atoms with E-state index in [2.05, 4.69) is 28.4 Å². The van der Waals surface area contributed by atoms with Gasteiger partial charge in [-0.25, -0.2) is 4.39 Å². The zero-order valence-corrected chi connectivity index (χ0v) is 16.8. The molecule has 2 heterocycles. The van der Waals surface area contributed by atoms with Gasteiger partial charge in [-0.2, -0.15) is 5.10 Å². The molecule has 0 aliphatic carbocycles. The summed E-state index contributed by atoms with van der Waals surface area (Å²) in [5.41, 5.74) is 1.30. The molecule has 1 fully saturated rings. The molecule has 1 aromatic heterocycles. The second-order valence-electron chi connectivity index (χ2n) is 7.12. The summed E-state index contributed by atoms with van der Waals surface area (Å²) in [6.07, 6.45) is 7.08. The summed E-state index contributed by atoms with van der Waals surface area (Å²) in [4.78, 5) is 7.13. The van der Waals surface area contributed by atoms with Crippen LogP contribution in [-0.2, 0) is 7.05 Å². The predicted octanol–water partition coefficient (Wildman–Crippen LogP) is 3.17. The number of ether oxygens (including phenoxy) is 1. The van der Waals surface area contributed by atoms with Crippen molar-refractivity contribution >= 4 is 5.96 Å². The van der Waals surface area contributed by atoms with Crippen LogP contribution in [0.1, 0.15) is 37.7 Å². The minimum absolute atomic E-state index is 0.245. The molecule has 3 rings (SSSR count). The number of halogens is 1. The van der Waals surface area contributed by atoms with Crippen LogP contribution in [0.3, 0.4) is 0 Å². The van der Waals surface area contributed by atoms with E-state index in [0.29, 0.717) is 18.3 Å². The van der Waals surface area contributed by atoms with Gasteiger partial charge in [0, 0.05) is 45.3 Å². The van der Waals surface area contributed by atoms with Gasteiger partial charge in [0.1, 0.15) is 11.6 Å². The maximum absolute atomic E-state index is 12.9. The molecule has 0 radical (unpaired) electrons. The minimum atomic E-state index is -0.245. The number of aromatic nitrogens is 2. The van der Waals surface area contributed by atoms with Crippen LogP contribution >= 0.6 is 0 Å². The van der Waals surface area contributed by atoms with Crippen LogP contribution in [0, 0.1) is 5.82 Å². The van der Waals surface area contributed by atoms with Gasteiger partial charge >= 0.3 is 0 Å². The van der Waals surface area contributed by atoms with E-state index in [1.807, 2.05) is 17.9 Å². The van der Waals surface area contributed by atoms with Gasteiger partial charge in [-0.3, -0.25) is 9.67 Å². The third kappa shape index (κ3) is 5.71. The number of aryl methyl sites for hydroxylation is 1.